The van der Waals surface area contributed by atoms with Crippen molar-refractivity contribution < 1.29 is 0 Å². The van der Waals surface area contributed by atoms with Crippen molar-refractivity contribution in [1.82, 2.24) is 15.0 Å². The zero-order chi connectivity index (χ0) is 40.5. The quantitative estimate of drug-likeness (QED) is 0.154. The second kappa shape index (κ2) is 15.8. The SMILES string of the molecule is c1ccc(-c2ccc(-c3cc(-c4ccc(-c5cccc(-c6nc7ccccc7c7sc(-c8ccccc8)c(-c8ccccc8)c67)c5)cc4)nc(-c4ccccc4)n3)cc2)cc1. The first-order chi connectivity index (χ1) is 30.2. The summed E-state index contributed by atoms with van der Waals surface area (Å²) in [6, 6.07) is 79.0. The summed E-state index contributed by atoms with van der Waals surface area (Å²) in [4.78, 5) is 16.9. The molecule has 8 aromatic carbocycles. The van der Waals surface area contributed by atoms with Gasteiger partial charge in [-0.15, -0.1) is 11.3 Å². The first kappa shape index (κ1) is 36.3. The van der Waals surface area contributed by atoms with Gasteiger partial charge in [-0.25, -0.2) is 15.0 Å². The molecule has 0 fully saturated rings. The number of hydrogen-bond donors (Lipinski definition) is 0. The molecule has 0 aliphatic carbocycles. The van der Waals surface area contributed by atoms with Crippen LogP contribution in [0.4, 0.5) is 0 Å². The van der Waals surface area contributed by atoms with Gasteiger partial charge in [0.05, 0.1) is 22.6 Å². The largest absolute Gasteiger partial charge is 0.247 e. The summed E-state index contributed by atoms with van der Waals surface area (Å²) >= 11 is 1.86. The third kappa shape index (κ3) is 6.99. The smallest absolute Gasteiger partial charge is 0.160 e. The van der Waals surface area contributed by atoms with Crippen LogP contribution in [0, 0.1) is 0 Å². The maximum Gasteiger partial charge on any atom is 0.160 e. The normalized spacial score (nSPS) is 11.3. The summed E-state index contributed by atoms with van der Waals surface area (Å²) in [5, 5.41) is 2.36. The topological polar surface area (TPSA) is 38.7 Å². The molecule has 0 atom stereocenters. The third-order valence-corrected chi connectivity index (χ3v) is 12.6. The highest BCUT2D eigenvalue weighted by Crippen LogP contribution is 2.50. The van der Waals surface area contributed by atoms with Gasteiger partial charge in [0.1, 0.15) is 0 Å². The minimum absolute atomic E-state index is 0.699. The van der Waals surface area contributed by atoms with E-state index in [2.05, 4.69) is 200 Å². The third-order valence-electron chi connectivity index (χ3n) is 11.3. The Bertz CT molecular complexity index is 3310. The van der Waals surface area contributed by atoms with Crippen LogP contribution in [0.15, 0.2) is 224 Å². The summed E-state index contributed by atoms with van der Waals surface area (Å²) in [6.45, 7) is 0. The summed E-state index contributed by atoms with van der Waals surface area (Å²) in [7, 11) is 0. The molecule has 3 heterocycles. The molecule has 0 N–H and O–H groups in total. The lowest BCUT2D eigenvalue weighted by Gasteiger charge is -2.12. The Morgan fingerprint density at radius 2 is 0.770 bits per heavy atom. The zero-order valence-electron chi connectivity index (χ0n) is 33.1. The standard InChI is InChI=1S/C57H37N3S/c1-5-16-38(17-6-1)39-28-32-41(33-29-39)50-37-51(60-57(59-50)45-22-11-4-12-23-45)42-34-30-40(31-35-42)46-24-15-25-47(36-46)54-53-52(43-18-7-2-8-19-43)55(44-20-9-3-10-21-44)61-56(53)48-26-13-14-27-49(48)58-54/h1-37H. The summed E-state index contributed by atoms with van der Waals surface area (Å²) in [5.41, 5.74) is 16.1. The average Bonchev–Trinajstić information content (AvgIpc) is 3.76. The van der Waals surface area contributed by atoms with Gasteiger partial charge >= 0.3 is 0 Å². The fourth-order valence-corrected chi connectivity index (χ4v) is 9.63. The fourth-order valence-electron chi connectivity index (χ4n) is 8.27. The maximum atomic E-state index is 5.43. The lowest BCUT2D eigenvalue weighted by atomic mass is 9.93. The average molecular weight is 796 g/mol. The molecule has 3 aromatic heterocycles. The molecule has 0 saturated heterocycles. The van der Waals surface area contributed by atoms with Gasteiger partial charge < -0.3 is 0 Å². The molecule has 3 nitrogen and oxygen atoms in total. The molecule has 0 unspecified atom stereocenters. The Hall–Kier alpha value is -7.79. The number of pyridine rings is 1. The van der Waals surface area contributed by atoms with Crippen LogP contribution in [-0.4, -0.2) is 15.0 Å². The molecule has 0 aliphatic heterocycles. The van der Waals surface area contributed by atoms with E-state index in [4.69, 9.17) is 15.0 Å². The number of aromatic nitrogens is 3. The van der Waals surface area contributed by atoms with Crippen molar-refractivity contribution in [3.05, 3.63) is 224 Å². The van der Waals surface area contributed by atoms with Crippen LogP contribution in [0.3, 0.4) is 0 Å². The Balaban J connectivity index is 1.00. The highest BCUT2D eigenvalue weighted by Gasteiger charge is 2.23. The molecule has 61 heavy (non-hydrogen) atoms. The number of benzene rings is 8. The van der Waals surface area contributed by atoms with Crippen LogP contribution in [0.5, 0.6) is 0 Å². The molecule has 4 heteroatoms. The monoisotopic (exact) mass is 795 g/mol. The van der Waals surface area contributed by atoms with E-state index < -0.39 is 0 Å². The van der Waals surface area contributed by atoms with Gasteiger partial charge in [-0.1, -0.05) is 206 Å². The van der Waals surface area contributed by atoms with E-state index in [1.807, 2.05) is 35.6 Å². The van der Waals surface area contributed by atoms with Crippen LogP contribution in [0.2, 0.25) is 0 Å². The van der Waals surface area contributed by atoms with Crippen molar-refractivity contribution in [3.63, 3.8) is 0 Å². The second-order valence-corrected chi connectivity index (χ2v) is 16.2. The molecular weight excluding hydrogens is 759 g/mol. The van der Waals surface area contributed by atoms with E-state index in [0.29, 0.717) is 5.82 Å². The molecular formula is C57H37N3S. The second-order valence-electron chi connectivity index (χ2n) is 15.1. The Kier molecular flexibility index (Phi) is 9.38. The van der Waals surface area contributed by atoms with Crippen LogP contribution >= 0.6 is 11.3 Å². The maximum absolute atomic E-state index is 5.43. The van der Waals surface area contributed by atoms with Crippen LogP contribution in [0.1, 0.15) is 0 Å². The highest BCUT2D eigenvalue weighted by atomic mass is 32.1. The number of thiophene rings is 1. The number of hydrogen-bond acceptors (Lipinski definition) is 4. The van der Waals surface area contributed by atoms with E-state index in [-0.39, 0.29) is 0 Å². The number of fused-ring (bicyclic) bond motifs is 3. The first-order valence-corrected chi connectivity index (χ1v) is 21.3. The lowest BCUT2D eigenvalue weighted by molar-refractivity contribution is 1.18. The van der Waals surface area contributed by atoms with E-state index >= 15 is 0 Å². The Morgan fingerprint density at radius 3 is 1.39 bits per heavy atom. The number of rotatable bonds is 8. The van der Waals surface area contributed by atoms with Gasteiger partial charge in [0.25, 0.3) is 0 Å². The van der Waals surface area contributed by atoms with Gasteiger partial charge in [0, 0.05) is 48.2 Å². The first-order valence-electron chi connectivity index (χ1n) is 20.5. The van der Waals surface area contributed by atoms with Crippen molar-refractivity contribution in [2.75, 3.05) is 0 Å². The molecule has 286 valence electrons. The number of nitrogens with zero attached hydrogens (tertiary/aromatic N) is 3. The van der Waals surface area contributed by atoms with E-state index in [0.717, 1.165) is 56.0 Å². The predicted molar refractivity (Wildman–Crippen MR) is 256 cm³/mol. The lowest BCUT2D eigenvalue weighted by Crippen LogP contribution is -1.96. The van der Waals surface area contributed by atoms with Gasteiger partial charge in [-0.2, -0.15) is 0 Å². The van der Waals surface area contributed by atoms with Crippen molar-refractivity contribution in [2.24, 2.45) is 0 Å². The molecule has 0 amide bonds. The van der Waals surface area contributed by atoms with Crippen molar-refractivity contribution in [3.8, 4) is 89.0 Å². The molecule has 0 radical (unpaired) electrons. The van der Waals surface area contributed by atoms with E-state index in [1.54, 1.807) is 0 Å². The molecule has 0 aliphatic rings. The van der Waals surface area contributed by atoms with Gasteiger partial charge in [0.15, 0.2) is 5.82 Å². The molecule has 11 rings (SSSR count). The Morgan fingerprint density at radius 1 is 0.311 bits per heavy atom. The Labute approximate surface area is 359 Å². The van der Waals surface area contributed by atoms with E-state index in [9.17, 15) is 0 Å². The molecule has 0 bridgehead atoms. The summed E-state index contributed by atoms with van der Waals surface area (Å²) < 4.78 is 1.25. The van der Waals surface area contributed by atoms with Crippen LogP contribution < -0.4 is 0 Å². The van der Waals surface area contributed by atoms with E-state index in [1.165, 1.54) is 48.2 Å². The number of para-hydroxylation sites is 1. The zero-order valence-corrected chi connectivity index (χ0v) is 33.9. The predicted octanol–water partition coefficient (Wildman–Crippen LogP) is 15.6. The van der Waals surface area contributed by atoms with Gasteiger partial charge in [0.2, 0.25) is 0 Å². The molecule has 11 aromatic rings. The van der Waals surface area contributed by atoms with Crippen LogP contribution in [-0.2, 0) is 0 Å². The fraction of sp³-hybridized carbons (Fsp3) is 0. The van der Waals surface area contributed by atoms with Crippen LogP contribution in [0.25, 0.3) is 110 Å². The van der Waals surface area contributed by atoms with Gasteiger partial charge in [-0.05, 0) is 51.6 Å². The molecule has 0 spiro atoms. The summed E-state index contributed by atoms with van der Waals surface area (Å²) in [6.07, 6.45) is 0. The van der Waals surface area contributed by atoms with Crippen molar-refractivity contribution in [1.29, 1.82) is 0 Å². The minimum Gasteiger partial charge on any atom is -0.247 e. The highest BCUT2D eigenvalue weighted by molar-refractivity contribution is 7.24. The van der Waals surface area contributed by atoms with Crippen molar-refractivity contribution >= 4 is 32.3 Å². The summed E-state index contributed by atoms with van der Waals surface area (Å²) in [5.74, 6) is 0.699. The molecule has 0 saturated carbocycles. The van der Waals surface area contributed by atoms with Crippen molar-refractivity contribution in [2.45, 2.75) is 0 Å². The van der Waals surface area contributed by atoms with Gasteiger partial charge in [-0.3, -0.25) is 0 Å². The minimum atomic E-state index is 0.699.